The summed E-state index contributed by atoms with van der Waals surface area (Å²) < 4.78 is 6.16. The van der Waals surface area contributed by atoms with Crippen molar-refractivity contribution in [2.45, 2.75) is 0 Å². The van der Waals surface area contributed by atoms with Gasteiger partial charge in [-0.3, -0.25) is 4.79 Å². The number of amides is 1. The molecule has 2 rings (SSSR count). The monoisotopic (exact) mass is 353 g/mol. The fraction of sp³-hybridized carbons (Fsp3) is 0.0714. The predicted octanol–water partition coefficient (Wildman–Crippen LogP) is 3.55. The lowest BCUT2D eigenvalue weighted by molar-refractivity contribution is 0.102. The van der Waals surface area contributed by atoms with Crippen LogP contribution in [0.25, 0.3) is 0 Å². The molecule has 0 unspecified atom stereocenters. The highest BCUT2D eigenvalue weighted by Crippen LogP contribution is 2.16. The Morgan fingerprint density at radius 1 is 1.06 bits per heavy atom. The average Bonchev–Trinajstić information content (AvgIpc) is 2.40. The van der Waals surface area contributed by atoms with E-state index in [1.165, 1.54) is 0 Å². The lowest BCUT2D eigenvalue weighted by Crippen LogP contribution is -2.11. The molecule has 18 heavy (non-hydrogen) atoms. The summed E-state index contributed by atoms with van der Waals surface area (Å²) in [4.78, 5) is 11.9. The van der Waals surface area contributed by atoms with Crippen LogP contribution in [0, 0.1) is 3.57 Å². The first kappa shape index (κ1) is 12.9. The number of carbonyl (C=O) groups is 1. The van der Waals surface area contributed by atoms with Crippen molar-refractivity contribution in [2.24, 2.45) is 0 Å². The smallest absolute Gasteiger partial charge is 0.255 e. The maximum absolute atomic E-state index is 11.9. The van der Waals surface area contributed by atoms with E-state index in [1.54, 1.807) is 19.2 Å². The van der Waals surface area contributed by atoms with Crippen LogP contribution in [0.2, 0.25) is 0 Å². The predicted molar refractivity (Wildman–Crippen MR) is 80.1 cm³/mol. The Balaban J connectivity index is 2.08. The molecule has 0 bridgehead atoms. The summed E-state index contributed by atoms with van der Waals surface area (Å²) in [5.41, 5.74) is 1.39. The van der Waals surface area contributed by atoms with Gasteiger partial charge >= 0.3 is 0 Å². The van der Waals surface area contributed by atoms with Crippen molar-refractivity contribution >= 4 is 34.2 Å². The molecule has 1 amide bonds. The summed E-state index contributed by atoms with van der Waals surface area (Å²) in [5.74, 6) is 0.652. The molecule has 0 heterocycles. The molecule has 0 aliphatic carbocycles. The second-order valence-electron chi connectivity index (χ2n) is 3.69. The lowest BCUT2D eigenvalue weighted by atomic mass is 10.2. The fourth-order valence-corrected chi connectivity index (χ4v) is 1.84. The number of nitrogens with one attached hydrogen (secondary N) is 1. The number of hydrogen-bond donors (Lipinski definition) is 1. The van der Waals surface area contributed by atoms with Crippen LogP contribution in [0.3, 0.4) is 0 Å². The summed E-state index contributed by atoms with van der Waals surface area (Å²) in [6.45, 7) is 0. The zero-order valence-electron chi connectivity index (χ0n) is 9.81. The van der Waals surface area contributed by atoms with Gasteiger partial charge in [0.1, 0.15) is 5.75 Å². The molecule has 0 atom stereocenters. The van der Waals surface area contributed by atoms with Crippen molar-refractivity contribution < 1.29 is 9.53 Å². The first-order valence-electron chi connectivity index (χ1n) is 5.40. The molecule has 0 spiro atoms. The van der Waals surface area contributed by atoms with Gasteiger partial charge in [-0.2, -0.15) is 0 Å². The van der Waals surface area contributed by atoms with Gasteiger partial charge in [-0.1, -0.05) is 0 Å². The Morgan fingerprint density at radius 2 is 1.67 bits per heavy atom. The Hall–Kier alpha value is -1.56. The summed E-state index contributed by atoms with van der Waals surface area (Å²) in [5, 5.41) is 2.83. The molecule has 3 nitrogen and oxygen atoms in total. The number of hydrogen-bond acceptors (Lipinski definition) is 2. The molecule has 0 saturated heterocycles. The Morgan fingerprint density at radius 3 is 2.22 bits per heavy atom. The van der Waals surface area contributed by atoms with Gasteiger partial charge in [0, 0.05) is 14.8 Å². The largest absolute Gasteiger partial charge is 0.497 e. The SMILES string of the molecule is COc1ccc(NC(=O)c2ccc(I)cc2)cc1. The third-order valence-electron chi connectivity index (χ3n) is 2.45. The molecule has 2 aromatic rings. The number of halogens is 1. The van der Waals surface area contributed by atoms with Crippen LogP contribution < -0.4 is 10.1 Å². The van der Waals surface area contributed by atoms with E-state index in [-0.39, 0.29) is 5.91 Å². The Labute approximate surface area is 119 Å². The molecule has 4 heteroatoms. The Bertz CT molecular complexity index is 535. The molecule has 1 N–H and O–H groups in total. The van der Waals surface area contributed by atoms with E-state index in [9.17, 15) is 4.79 Å². The quantitative estimate of drug-likeness (QED) is 0.857. The zero-order valence-corrected chi connectivity index (χ0v) is 12.0. The van der Waals surface area contributed by atoms with Crippen LogP contribution in [0.5, 0.6) is 5.75 Å². The van der Waals surface area contributed by atoms with E-state index in [1.807, 2.05) is 36.4 Å². The topological polar surface area (TPSA) is 38.3 Å². The molecule has 0 aromatic heterocycles. The zero-order chi connectivity index (χ0) is 13.0. The maximum Gasteiger partial charge on any atom is 0.255 e. The van der Waals surface area contributed by atoms with E-state index >= 15 is 0 Å². The highest BCUT2D eigenvalue weighted by atomic mass is 127. The third kappa shape index (κ3) is 3.22. The molecular formula is C14H12INO2. The van der Waals surface area contributed by atoms with Crippen molar-refractivity contribution in [3.05, 3.63) is 57.7 Å². The normalized spacial score (nSPS) is 9.89. The summed E-state index contributed by atoms with van der Waals surface area (Å²) in [6.07, 6.45) is 0. The first-order chi connectivity index (χ1) is 8.69. The van der Waals surface area contributed by atoms with Crippen molar-refractivity contribution in [1.82, 2.24) is 0 Å². The third-order valence-corrected chi connectivity index (χ3v) is 3.17. The van der Waals surface area contributed by atoms with Crippen molar-refractivity contribution in [3.8, 4) is 5.75 Å². The summed E-state index contributed by atoms with van der Waals surface area (Å²) in [6, 6.07) is 14.7. The van der Waals surface area contributed by atoms with Gasteiger partial charge in [0.15, 0.2) is 0 Å². The van der Waals surface area contributed by atoms with Crippen LogP contribution in [0.4, 0.5) is 5.69 Å². The van der Waals surface area contributed by atoms with Crippen LogP contribution in [-0.2, 0) is 0 Å². The van der Waals surface area contributed by atoms with Crippen LogP contribution in [0.15, 0.2) is 48.5 Å². The number of carbonyl (C=O) groups excluding carboxylic acids is 1. The van der Waals surface area contributed by atoms with Crippen molar-refractivity contribution in [1.29, 1.82) is 0 Å². The number of methoxy groups -OCH3 is 1. The van der Waals surface area contributed by atoms with Crippen LogP contribution in [0.1, 0.15) is 10.4 Å². The molecule has 0 aliphatic rings. The fourth-order valence-electron chi connectivity index (χ4n) is 1.48. The van der Waals surface area contributed by atoms with Gasteiger partial charge < -0.3 is 10.1 Å². The number of benzene rings is 2. The molecule has 92 valence electrons. The van der Waals surface area contributed by atoms with Crippen molar-refractivity contribution in [3.63, 3.8) is 0 Å². The molecule has 0 fully saturated rings. The van der Waals surface area contributed by atoms with E-state index in [4.69, 9.17) is 4.74 Å². The maximum atomic E-state index is 11.9. The summed E-state index contributed by atoms with van der Waals surface area (Å²) in [7, 11) is 1.61. The van der Waals surface area contributed by atoms with E-state index in [2.05, 4.69) is 27.9 Å². The minimum absolute atomic E-state index is 0.114. The number of ether oxygens (including phenoxy) is 1. The lowest BCUT2D eigenvalue weighted by Gasteiger charge is -2.06. The van der Waals surface area contributed by atoms with Crippen LogP contribution in [-0.4, -0.2) is 13.0 Å². The average molecular weight is 353 g/mol. The van der Waals surface area contributed by atoms with Gasteiger partial charge in [-0.05, 0) is 71.1 Å². The Kier molecular flexibility index (Phi) is 4.19. The highest BCUT2D eigenvalue weighted by Gasteiger charge is 2.05. The summed E-state index contributed by atoms with van der Waals surface area (Å²) >= 11 is 2.21. The van der Waals surface area contributed by atoms with Gasteiger partial charge in [0.25, 0.3) is 5.91 Å². The highest BCUT2D eigenvalue weighted by molar-refractivity contribution is 14.1. The number of anilines is 1. The van der Waals surface area contributed by atoms with E-state index < -0.39 is 0 Å². The molecule has 0 aliphatic heterocycles. The minimum atomic E-state index is -0.114. The minimum Gasteiger partial charge on any atom is -0.497 e. The molecular weight excluding hydrogens is 341 g/mol. The van der Waals surface area contributed by atoms with Gasteiger partial charge in [0.05, 0.1) is 7.11 Å². The van der Waals surface area contributed by atoms with E-state index in [0.717, 1.165) is 15.0 Å². The molecule has 0 radical (unpaired) electrons. The molecule has 2 aromatic carbocycles. The van der Waals surface area contributed by atoms with Gasteiger partial charge in [-0.25, -0.2) is 0 Å². The molecule has 0 saturated carbocycles. The van der Waals surface area contributed by atoms with Gasteiger partial charge in [0.2, 0.25) is 0 Å². The second-order valence-corrected chi connectivity index (χ2v) is 4.94. The standard InChI is InChI=1S/C14H12INO2/c1-18-13-8-6-12(7-9-13)16-14(17)10-2-4-11(15)5-3-10/h2-9H,1H3,(H,16,17). The van der Waals surface area contributed by atoms with Gasteiger partial charge in [-0.15, -0.1) is 0 Å². The van der Waals surface area contributed by atoms with E-state index in [0.29, 0.717) is 5.56 Å². The number of rotatable bonds is 3. The van der Waals surface area contributed by atoms with Crippen LogP contribution >= 0.6 is 22.6 Å². The first-order valence-corrected chi connectivity index (χ1v) is 6.48. The second kappa shape index (κ2) is 5.86. The van der Waals surface area contributed by atoms with Crippen molar-refractivity contribution in [2.75, 3.05) is 12.4 Å².